The molecular weight excluding hydrogens is 695 g/mol. The van der Waals surface area contributed by atoms with E-state index in [2.05, 4.69) is 65.2 Å². The van der Waals surface area contributed by atoms with Gasteiger partial charge in [-0.1, -0.05) is 116 Å². The number of nitrogen functional groups attached to an aromatic ring is 1. The third-order valence-corrected chi connectivity index (χ3v) is 10.7. The van der Waals surface area contributed by atoms with Gasteiger partial charge in [0.25, 0.3) is 0 Å². The first-order valence-corrected chi connectivity index (χ1v) is 19.7. The van der Waals surface area contributed by atoms with Crippen LogP contribution in [0.25, 0.3) is 11.1 Å². The van der Waals surface area contributed by atoms with Crippen LogP contribution in [0.3, 0.4) is 0 Å². The summed E-state index contributed by atoms with van der Waals surface area (Å²) in [6, 6.07) is 42.0. The molecule has 5 N–H and O–H groups in total. The maximum atomic E-state index is 12.7. The first-order chi connectivity index (χ1) is 26.4. The van der Waals surface area contributed by atoms with Crippen molar-refractivity contribution in [3.63, 3.8) is 0 Å². The van der Waals surface area contributed by atoms with Gasteiger partial charge >= 0.3 is 0 Å². The van der Waals surface area contributed by atoms with Gasteiger partial charge in [0.15, 0.2) is 6.29 Å². The highest BCUT2D eigenvalue weighted by molar-refractivity contribution is 7.99. The topological polar surface area (TPSA) is 123 Å². The van der Waals surface area contributed by atoms with Gasteiger partial charge in [-0.15, -0.1) is 11.8 Å². The molecule has 3 unspecified atom stereocenters. The summed E-state index contributed by atoms with van der Waals surface area (Å²) in [4.78, 5) is 26.2. The standard InChI is InChI=1S/C45H49N3O5S/c46-40-16-10-11-17-41(40)48-44(51)19-7-2-1-6-18-43(50)47-29-36-12-8-9-15-39(36)33-24-26-35(27-25-33)45-52-37(31-54-38-13-4-3-5-14-38)28-42(53-45)34-22-20-32(30-49)21-23-34/h3-5,8-17,20-27,37,42,45,49H,1-2,6-7,18-19,28-31,46H2,(H,47,50)(H,48,51). The van der Waals surface area contributed by atoms with Gasteiger partial charge in [0, 0.05) is 42.0 Å². The Morgan fingerprint density at radius 1 is 0.722 bits per heavy atom. The van der Waals surface area contributed by atoms with Crippen LogP contribution in [0.2, 0.25) is 0 Å². The van der Waals surface area contributed by atoms with Crippen molar-refractivity contribution in [1.82, 2.24) is 5.32 Å². The van der Waals surface area contributed by atoms with E-state index < -0.39 is 6.29 Å². The largest absolute Gasteiger partial charge is 0.397 e. The molecule has 0 saturated carbocycles. The molecular formula is C45H49N3O5S. The van der Waals surface area contributed by atoms with Gasteiger partial charge in [0.05, 0.1) is 30.2 Å². The Morgan fingerprint density at radius 2 is 1.39 bits per heavy atom. The van der Waals surface area contributed by atoms with E-state index in [1.165, 1.54) is 4.90 Å². The molecule has 6 rings (SSSR count). The van der Waals surface area contributed by atoms with Crippen molar-refractivity contribution in [3.8, 4) is 11.1 Å². The molecule has 0 aliphatic carbocycles. The number of anilines is 2. The molecule has 0 radical (unpaired) electrons. The van der Waals surface area contributed by atoms with Crippen molar-refractivity contribution in [3.05, 3.63) is 150 Å². The molecule has 8 nitrogen and oxygen atoms in total. The highest BCUT2D eigenvalue weighted by Crippen LogP contribution is 2.40. The van der Waals surface area contributed by atoms with Crippen molar-refractivity contribution in [2.45, 2.75) is 81.5 Å². The van der Waals surface area contributed by atoms with Crippen LogP contribution in [0.5, 0.6) is 0 Å². The first kappa shape index (κ1) is 38.8. The number of amides is 2. The number of aliphatic hydroxyl groups excluding tert-OH is 1. The molecule has 1 saturated heterocycles. The zero-order valence-electron chi connectivity index (χ0n) is 30.5. The summed E-state index contributed by atoms with van der Waals surface area (Å²) in [7, 11) is 0. The van der Waals surface area contributed by atoms with Gasteiger partial charge in [-0.3, -0.25) is 9.59 Å². The number of aliphatic hydroxyl groups is 1. The number of carbonyl (C=O) groups excluding carboxylic acids is 2. The molecule has 2 amide bonds. The molecule has 1 fully saturated rings. The van der Waals surface area contributed by atoms with Gasteiger partial charge in [0.1, 0.15) is 0 Å². The molecule has 0 spiro atoms. The van der Waals surface area contributed by atoms with E-state index in [4.69, 9.17) is 15.2 Å². The van der Waals surface area contributed by atoms with Crippen LogP contribution < -0.4 is 16.4 Å². The van der Waals surface area contributed by atoms with Crippen molar-refractivity contribution in [2.24, 2.45) is 0 Å². The summed E-state index contributed by atoms with van der Waals surface area (Å²) in [5.74, 6) is 0.771. The number of nitrogens with two attached hydrogens (primary N) is 1. The molecule has 1 heterocycles. The number of unbranched alkanes of at least 4 members (excludes halogenated alkanes) is 3. The minimum Gasteiger partial charge on any atom is -0.397 e. The third kappa shape index (κ3) is 11.3. The molecule has 5 aromatic rings. The van der Waals surface area contributed by atoms with Crippen LogP contribution in [0.1, 0.15) is 79.6 Å². The quantitative estimate of drug-likeness (QED) is 0.0425. The number of hydrogen-bond acceptors (Lipinski definition) is 7. The predicted octanol–water partition coefficient (Wildman–Crippen LogP) is 9.36. The Morgan fingerprint density at radius 3 is 2.13 bits per heavy atom. The summed E-state index contributed by atoms with van der Waals surface area (Å²) in [5.41, 5.74) is 13.1. The maximum absolute atomic E-state index is 12.7. The van der Waals surface area contributed by atoms with Crippen molar-refractivity contribution in [2.75, 3.05) is 16.8 Å². The lowest BCUT2D eigenvalue weighted by Crippen LogP contribution is -2.31. The summed E-state index contributed by atoms with van der Waals surface area (Å²) in [5, 5.41) is 15.5. The molecule has 54 heavy (non-hydrogen) atoms. The van der Waals surface area contributed by atoms with Crippen LogP contribution >= 0.6 is 11.8 Å². The summed E-state index contributed by atoms with van der Waals surface area (Å²) in [6.45, 7) is 0.443. The molecule has 1 aliphatic rings. The lowest BCUT2D eigenvalue weighted by atomic mass is 9.97. The molecule has 9 heteroatoms. The van der Waals surface area contributed by atoms with Crippen LogP contribution in [-0.4, -0.2) is 28.8 Å². The average molecular weight is 744 g/mol. The van der Waals surface area contributed by atoms with E-state index in [0.29, 0.717) is 30.8 Å². The summed E-state index contributed by atoms with van der Waals surface area (Å²) >= 11 is 1.78. The lowest BCUT2D eigenvalue weighted by Gasteiger charge is -2.36. The number of ether oxygens (including phenoxy) is 2. The SMILES string of the molecule is Nc1ccccc1NC(=O)CCCCCCC(=O)NCc1ccccc1-c1ccc(C2OC(CSc3ccccc3)CC(c3ccc(CO)cc3)O2)cc1. The molecule has 0 aromatic heterocycles. The zero-order valence-corrected chi connectivity index (χ0v) is 31.3. The van der Waals surface area contributed by atoms with E-state index in [0.717, 1.165) is 71.2 Å². The predicted molar refractivity (Wildman–Crippen MR) is 216 cm³/mol. The van der Waals surface area contributed by atoms with Crippen LogP contribution in [0, 0.1) is 0 Å². The smallest absolute Gasteiger partial charge is 0.224 e. The van der Waals surface area contributed by atoms with Crippen molar-refractivity contribution >= 4 is 35.0 Å². The highest BCUT2D eigenvalue weighted by Gasteiger charge is 2.32. The molecule has 3 atom stereocenters. The fourth-order valence-electron chi connectivity index (χ4n) is 6.53. The third-order valence-electron chi connectivity index (χ3n) is 9.57. The number of hydrogen-bond donors (Lipinski definition) is 4. The Bertz CT molecular complexity index is 1940. The normalized spacial score (nSPS) is 16.8. The number of rotatable bonds is 17. The summed E-state index contributed by atoms with van der Waals surface area (Å²) in [6.07, 6.45) is 4.21. The highest BCUT2D eigenvalue weighted by atomic mass is 32.2. The van der Waals surface area contributed by atoms with Crippen molar-refractivity contribution in [1.29, 1.82) is 0 Å². The monoisotopic (exact) mass is 743 g/mol. The number of thioether (sulfide) groups is 1. The van der Waals surface area contributed by atoms with Crippen LogP contribution in [0.4, 0.5) is 11.4 Å². The molecule has 5 aromatic carbocycles. The fourth-order valence-corrected chi connectivity index (χ4v) is 7.48. The summed E-state index contributed by atoms with van der Waals surface area (Å²) < 4.78 is 13.1. The van der Waals surface area contributed by atoms with Gasteiger partial charge in [0.2, 0.25) is 11.8 Å². The fraction of sp³-hybridized carbons (Fsp3) is 0.289. The van der Waals surface area contributed by atoms with Gasteiger partial charge in [-0.2, -0.15) is 0 Å². The number of benzene rings is 5. The number of para-hydroxylation sites is 2. The zero-order chi connectivity index (χ0) is 37.5. The van der Waals surface area contributed by atoms with Gasteiger partial charge in [-0.05, 0) is 64.9 Å². The molecule has 280 valence electrons. The van der Waals surface area contributed by atoms with E-state index in [9.17, 15) is 14.7 Å². The maximum Gasteiger partial charge on any atom is 0.224 e. The van der Waals surface area contributed by atoms with Crippen LogP contribution in [0.15, 0.2) is 132 Å². The van der Waals surface area contributed by atoms with E-state index in [1.54, 1.807) is 23.9 Å². The number of nitrogens with one attached hydrogen (secondary N) is 2. The van der Waals surface area contributed by atoms with E-state index in [1.807, 2.05) is 60.7 Å². The Kier molecular flexibility index (Phi) is 14.3. The minimum atomic E-state index is -0.531. The second-order valence-electron chi connectivity index (χ2n) is 13.6. The Balaban J connectivity index is 1.00. The minimum absolute atomic E-state index is 0.00663. The average Bonchev–Trinajstić information content (AvgIpc) is 3.22. The second-order valence-corrected chi connectivity index (χ2v) is 14.7. The van der Waals surface area contributed by atoms with Gasteiger partial charge in [-0.25, -0.2) is 0 Å². The molecule has 1 aliphatic heterocycles. The Labute approximate surface area is 322 Å². The number of carbonyl (C=O) groups is 2. The van der Waals surface area contributed by atoms with E-state index in [-0.39, 0.29) is 30.6 Å². The van der Waals surface area contributed by atoms with E-state index >= 15 is 0 Å². The van der Waals surface area contributed by atoms with Crippen LogP contribution in [-0.2, 0) is 32.2 Å². The first-order valence-electron chi connectivity index (χ1n) is 18.7. The lowest BCUT2D eigenvalue weighted by molar-refractivity contribution is -0.245. The Hall–Kier alpha value is -4.93. The second kappa shape index (κ2) is 19.9. The van der Waals surface area contributed by atoms with Crippen molar-refractivity contribution < 1.29 is 24.2 Å². The molecule has 0 bridgehead atoms. The van der Waals surface area contributed by atoms with Gasteiger partial charge < -0.3 is 30.9 Å².